The average molecular weight is 238 g/mol. The number of rotatable bonds is 2. The highest BCUT2D eigenvalue weighted by Crippen LogP contribution is 2.19. The minimum absolute atomic E-state index is 0.0144. The van der Waals surface area contributed by atoms with E-state index in [1.807, 2.05) is 27.7 Å². The molecular weight excluding hydrogens is 219 g/mol. The summed E-state index contributed by atoms with van der Waals surface area (Å²) in [6, 6.07) is 3.82. The van der Waals surface area contributed by atoms with Crippen molar-refractivity contribution in [1.29, 1.82) is 0 Å². The molecule has 0 radical (unpaired) electrons. The van der Waals surface area contributed by atoms with Crippen molar-refractivity contribution in [2.24, 2.45) is 5.41 Å². The minimum atomic E-state index is -0.501. The number of nitrogens with two attached hydrogens (primary N) is 1. The first-order valence-corrected chi connectivity index (χ1v) is 5.57. The Hall–Kier alpha value is -1.58. The lowest BCUT2D eigenvalue weighted by molar-refractivity contribution is 0.0909. The van der Waals surface area contributed by atoms with E-state index in [1.165, 1.54) is 18.2 Å². The molecule has 1 atom stereocenters. The SMILES string of the molecule is CC(NC(=O)c1cc(N)cc(F)c1)C(C)(C)C. The van der Waals surface area contributed by atoms with Crippen molar-refractivity contribution in [3.63, 3.8) is 0 Å². The van der Waals surface area contributed by atoms with Gasteiger partial charge >= 0.3 is 0 Å². The Morgan fingerprint density at radius 2 is 1.94 bits per heavy atom. The number of amides is 1. The van der Waals surface area contributed by atoms with Gasteiger partial charge in [0, 0.05) is 17.3 Å². The van der Waals surface area contributed by atoms with Gasteiger partial charge in [0.2, 0.25) is 0 Å². The summed E-state index contributed by atoms with van der Waals surface area (Å²) in [5.74, 6) is -0.808. The molecule has 0 saturated heterocycles. The maximum absolute atomic E-state index is 13.1. The van der Waals surface area contributed by atoms with Gasteiger partial charge in [0.05, 0.1) is 0 Å². The molecule has 94 valence electrons. The van der Waals surface area contributed by atoms with Crippen molar-refractivity contribution in [2.45, 2.75) is 33.7 Å². The number of benzene rings is 1. The number of nitrogens with one attached hydrogen (secondary N) is 1. The van der Waals surface area contributed by atoms with Crippen LogP contribution in [0.25, 0.3) is 0 Å². The average Bonchev–Trinajstić information content (AvgIpc) is 2.14. The molecule has 3 N–H and O–H groups in total. The predicted molar refractivity (Wildman–Crippen MR) is 67.2 cm³/mol. The standard InChI is InChI=1S/C13H19FN2O/c1-8(13(2,3)4)16-12(17)9-5-10(14)7-11(15)6-9/h5-8H,15H2,1-4H3,(H,16,17). The number of hydrogen-bond donors (Lipinski definition) is 2. The maximum atomic E-state index is 13.1. The van der Waals surface area contributed by atoms with E-state index in [0.717, 1.165) is 0 Å². The van der Waals surface area contributed by atoms with Crippen LogP contribution in [-0.2, 0) is 0 Å². The lowest BCUT2D eigenvalue weighted by Crippen LogP contribution is -2.41. The number of anilines is 1. The summed E-state index contributed by atoms with van der Waals surface area (Å²) in [4.78, 5) is 11.9. The Labute approximate surface area is 101 Å². The first kappa shape index (κ1) is 13.5. The highest BCUT2D eigenvalue weighted by Gasteiger charge is 2.22. The zero-order valence-electron chi connectivity index (χ0n) is 10.7. The molecule has 1 unspecified atom stereocenters. The van der Waals surface area contributed by atoms with Crippen LogP contribution >= 0.6 is 0 Å². The second kappa shape index (κ2) is 4.73. The lowest BCUT2D eigenvalue weighted by Gasteiger charge is -2.28. The van der Waals surface area contributed by atoms with E-state index in [9.17, 15) is 9.18 Å². The molecule has 0 spiro atoms. The fourth-order valence-corrected chi connectivity index (χ4v) is 1.24. The fraction of sp³-hybridized carbons (Fsp3) is 0.462. The van der Waals surface area contributed by atoms with Crippen LogP contribution in [0.15, 0.2) is 18.2 Å². The summed E-state index contributed by atoms with van der Waals surface area (Å²) in [6.07, 6.45) is 0. The third kappa shape index (κ3) is 3.73. The Balaban J connectivity index is 2.84. The molecule has 0 aliphatic carbocycles. The van der Waals surface area contributed by atoms with E-state index in [2.05, 4.69) is 5.32 Å². The maximum Gasteiger partial charge on any atom is 0.251 e. The van der Waals surface area contributed by atoms with Gasteiger partial charge in [-0.1, -0.05) is 20.8 Å². The van der Waals surface area contributed by atoms with Crippen molar-refractivity contribution in [3.8, 4) is 0 Å². The smallest absolute Gasteiger partial charge is 0.251 e. The Morgan fingerprint density at radius 3 is 2.41 bits per heavy atom. The number of hydrogen-bond acceptors (Lipinski definition) is 2. The molecule has 0 fully saturated rings. The Morgan fingerprint density at radius 1 is 1.35 bits per heavy atom. The summed E-state index contributed by atoms with van der Waals surface area (Å²) in [5.41, 5.74) is 5.94. The van der Waals surface area contributed by atoms with E-state index < -0.39 is 5.82 Å². The molecule has 4 heteroatoms. The quantitative estimate of drug-likeness (QED) is 0.778. The van der Waals surface area contributed by atoms with Crippen LogP contribution in [0.4, 0.5) is 10.1 Å². The molecule has 0 saturated carbocycles. The number of carbonyl (C=O) groups excluding carboxylic acids is 1. The number of carbonyl (C=O) groups is 1. The van der Waals surface area contributed by atoms with Crippen molar-refractivity contribution in [2.75, 3.05) is 5.73 Å². The van der Waals surface area contributed by atoms with Crippen molar-refractivity contribution < 1.29 is 9.18 Å². The molecule has 1 amide bonds. The predicted octanol–water partition coefficient (Wildman–Crippen LogP) is 2.57. The van der Waals surface area contributed by atoms with Crippen molar-refractivity contribution in [3.05, 3.63) is 29.6 Å². The van der Waals surface area contributed by atoms with Crippen LogP contribution in [0, 0.1) is 11.2 Å². The van der Waals surface area contributed by atoms with Crippen LogP contribution in [0.5, 0.6) is 0 Å². The van der Waals surface area contributed by atoms with Gasteiger partial charge in [-0.3, -0.25) is 4.79 Å². The third-order valence-corrected chi connectivity index (χ3v) is 2.83. The summed E-state index contributed by atoms with van der Waals surface area (Å²) >= 11 is 0. The van der Waals surface area contributed by atoms with Gasteiger partial charge in [0.1, 0.15) is 5.82 Å². The van der Waals surface area contributed by atoms with Gasteiger partial charge < -0.3 is 11.1 Å². The van der Waals surface area contributed by atoms with Crippen molar-refractivity contribution in [1.82, 2.24) is 5.32 Å². The van der Waals surface area contributed by atoms with Gasteiger partial charge in [0.15, 0.2) is 0 Å². The normalized spacial score (nSPS) is 13.2. The Bertz CT molecular complexity index is 404. The van der Waals surface area contributed by atoms with Gasteiger partial charge in [-0.25, -0.2) is 4.39 Å². The van der Waals surface area contributed by atoms with Gasteiger partial charge in [-0.05, 0) is 30.5 Å². The molecule has 1 aromatic carbocycles. The molecule has 1 aromatic rings. The highest BCUT2D eigenvalue weighted by molar-refractivity contribution is 5.95. The molecule has 3 nitrogen and oxygen atoms in total. The molecule has 0 aromatic heterocycles. The number of halogens is 1. The van der Waals surface area contributed by atoms with E-state index in [1.54, 1.807) is 0 Å². The third-order valence-electron chi connectivity index (χ3n) is 2.83. The lowest BCUT2D eigenvalue weighted by atomic mass is 9.88. The molecule has 0 aliphatic heterocycles. The fourth-order valence-electron chi connectivity index (χ4n) is 1.24. The summed E-state index contributed by atoms with van der Waals surface area (Å²) < 4.78 is 13.1. The van der Waals surface area contributed by atoms with Gasteiger partial charge in [0.25, 0.3) is 5.91 Å². The summed E-state index contributed by atoms with van der Waals surface area (Å²) in [6.45, 7) is 7.99. The van der Waals surface area contributed by atoms with Crippen LogP contribution in [-0.4, -0.2) is 11.9 Å². The minimum Gasteiger partial charge on any atom is -0.399 e. The topological polar surface area (TPSA) is 55.1 Å². The first-order chi connectivity index (χ1) is 7.70. The highest BCUT2D eigenvalue weighted by atomic mass is 19.1. The van der Waals surface area contributed by atoms with E-state index >= 15 is 0 Å². The second-order valence-corrected chi connectivity index (χ2v) is 5.33. The number of nitrogen functional groups attached to an aromatic ring is 1. The zero-order valence-corrected chi connectivity index (χ0v) is 10.7. The molecular formula is C13H19FN2O. The van der Waals surface area contributed by atoms with Crippen LogP contribution < -0.4 is 11.1 Å². The molecule has 1 rings (SSSR count). The van der Waals surface area contributed by atoms with Crippen LogP contribution in [0.1, 0.15) is 38.1 Å². The van der Waals surface area contributed by atoms with E-state index in [0.29, 0.717) is 0 Å². The Kier molecular flexibility index (Phi) is 3.76. The van der Waals surface area contributed by atoms with Gasteiger partial charge in [-0.15, -0.1) is 0 Å². The molecule has 17 heavy (non-hydrogen) atoms. The van der Waals surface area contributed by atoms with Gasteiger partial charge in [-0.2, -0.15) is 0 Å². The first-order valence-electron chi connectivity index (χ1n) is 5.57. The molecule has 0 aliphatic rings. The largest absolute Gasteiger partial charge is 0.399 e. The monoisotopic (exact) mass is 238 g/mol. The van der Waals surface area contributed by atoms with Crippen molar-refractivity contribution >= 4 is 11.6 Å². The van der Waals surface area contributed by atoms with E-state index in [4.69, 9.17) is 5.73 Å². The van der Waals surface area contributed by atoms with Crippen LogP contribution in [0.2, 0.25) is 0 Å². The zero-order chi connectivity index (χ0) is 13.2. The summed E-state index contributed by atoms with van der Waals surface area (Å²) in [5, 5.41) is 2.83. The second-order valence-electron chi connectivity index (χ2n) is 5.33. The molecule has 0 bridgehead atoms. The summed E-state index contributed by atoms with van der Waals surface area (Å²) in [7, 11) is 0. The van der Waals surface area contributed by atoms with Crippen LogP contribution in [0.3, 0.4) is 0 Å². The van der Waals surface area contributed by atoms with E-state index in [-0.39, 0.29) is 28.6 Å². The molecule has 0 heterocycles.